The normalized spacial score (nSPS) is 16.8. The number of nitriles is 2. The number of thioether (sulfide) groups is 1. The molecule has 1 aliphatic rings. The van der Waals surface area contributed by atoms with Crippen molar-refractivity contribution >= 4 is 16.9 Å². The van der Waals surface area contributed by atoms with Crippen LogP contribution in [0.5, 0.6) is 0 Å². The Hall–Kier alpha value is -1.98. The molecular weight excluding hydrogens is 232 g/mol. The molecule has 84 valence electrons. The van der Waals surface area contributed by atoms with Gasteiger partial charge in [-0.15, -0.1) is 4.99 Å². The molecule has 1 saturated heterocycles. The molecule has 17 heavy (non-hydrogen) atoms. The molecule has 0 radical (unpaired) electrons. The van der Waals surface area contributed by atoms with Crippen LogP contribution in [-0.4, -0.2) is 22.4 Å². The van der Waals surface area contributed by atoms with Gasteiger partial charge in [0.1, 0.15) is 0 Å². The standard InChI is InChI=1S/C12H10N4S/c13-7-10-2-1-3-11(6-10)8-16-4-5-17-12(16)15-9-14/h1-3,6H,4-5,8H2. The summed E-state index contributed by atoms with van der Waals surface area (Å²) in [7, 11) is 0. The van der Waals surface area contributed by atoms with Gasteiger partial charge in [0.05, 0.1) is 11.6 Å². The van der Waals surface area contributed by atoms with Crippen molar-refractivity contribution < 1.29 is 0 Å². The van der Waals surface area contributed by atoms with Crippen LogP contribution in [0.25, 0.3) is 0 Å². The van der Waals surface area contributed by atoms with Gasteiger partial charge in [-0.1, -0.05) is 23.9 Å². The van der Waals surface area contributed by atoms with E-state index < -0.39 is 0 Å². The zero-order valence-corrected chi connectivity index (χ0v) is 9.94. The number of nitrogens with zero attached hydrogens (tertiary/aromatic N) is 4. The van der Waals surface area contributed by atoms with Crippen LogP contribution in [0.15, 0.2) is 29.3 Å². The summed E-state index contributed by atoms with van der Waals surface area (Å²) in [6.07, 6.45) is 1.82. The summed E-state index contributed by atoms with van der Waals surface area (Å²) in [5.41, 5.74) is 1.73. The average Bonchev–Trinajstić information content (AvgIpc) is 2.78. The lowest BCUT2D eigenvalue weighted by atomic mass is 10.1. The minimum Gasteiger partial charge on any atom is -0.345 e. The van der Waals surface area contributed by atoms with Gasteiger partial charge < -0.3 is 4.90 Å². The highest BCUT2D eigenvalue weighted by Crippen LogP contribution is 2.20. The zero-order valence-electron chi connectivity index (χ0n) is 9.13. The van der Waals surface area contributed by atoms with Crippen molar-refractivity contribution in [1.82, 2.24) is 4.90 Å². The van der Waals surface area contributed by atoms with E-state index in [-0.39, 0.29) is 0 Å². The van der Waals surface area contributed by atoms with Gasteiger partial charge in [-0.2, -0.15) is 10.5 Å². The van der Waals surface area contributed by atoms with Crippen LogP contribution in [0.4, 0.5) is 0 Å². The number of aliphatic imine (C=N–C) groups is 1. The number of hydrogen-bond donors (Lipinski definition) is 0. The maximum absolute atomic E-state index is 8.82. The molecule has 0 N–H and O–H groups in total. The summed E-state index contributed by atoms with van der Waals surface area (Å²) in [4.78, 5) is 5.85. The van der Waals surface area contributed by atoms with Crippen LogP contribution in [0.1, 0.15) is 11.1 Å². The highest BCUT2D eigenvalue weighted by atomic mass is 32.2. The van der Waals surface area contributed by atoms with Gasteiger partial charge in [-0.05, 0) is 17.7 Å². The monoisotopic (exact) mass is 242 g/mol. The molecule has 2 rings (SSSR count). The Morgan fingerprint density at radius 2 is 2.29 bits per heavy atom. The van der Waals surface area contributed by atoms with E-state index in [0.717, 1.165) is 23.0 Å². The Morgan fingerprint density at radius 1 is 1.41 bits per heavy atom. The number of rotatable bonds is 2. The maximum Gasteiger partial charge on any atom is 0.208 e. The first-order chi connectivity index (χ1) is 8.33. The fourth-order valence-corrected chi connectivity index (χ4v) is 2.62. The van der Waals surface area contributed by atoms with Gasteiger partial charge in [0.2, 0.25) is 6.19 Å². The molecule has 1 aliphatic heterocycles. The molecule has 0 spiro atoms. The van der Waals surface area contributed by atoms with Crippen molar-refractivity contribution in [3.05, 3.63) is 35.4 Å². The number of amidine groups is 1. The van der Waals surface area contributed by atoms with Gasteiger partial charge >= 0.3 is 0 Å². The summed E-state index contributed by atoms with van der Waals surface area (Å²) in [6, 6.07) is 9.63. The molecule has 1 aromatic rings. The first-order valence-electron chi connectivity index (χ1n) is 5.17. The summed E-state index contributed by atoms with van der Waals surface area (Å²) in [5, 5.41) is 18.2. The average molecular weight is 242 g/mol. The lowest BCUT2D eigenvalue weighted by Gasteiger charge is -2.16. The predicted octanol–water partition coefficient (Wildman–Crippen LogP) is 1.94. The van der Waals surface area contributed by atoms with Crippen molar-refractivity contribution in [3.8, 4) is 12.3 Å². The third kappa shape index (κ3) is 2.77. The Kier molecular flexibility index (Phi) is 3.64. The third-order valence-corrected chi connectivity index (χ3v) is 3.43. The van der Waals surface area contributed by atoms with E-state index in [0.29, 0.717) is 12.1 Å². The summed E-state index contributed by atoms with van der Waals surface area (Å²) < 4.78 is 0. The zero-order chi connectivity index (χ0) is 12.1. The smallest absolute Gasteiger partial charge is 0.208 e. The third-order valence-electron chi connectivity index (χ3n) is 2.44. The second-order valence-corrected chi connectivity index (χ2v) is 4.64. The van der Waals surface area contributed by atoms with Crippen LogP contribution in [0.2, 0.25) is 0 Å². The molecule has 0 unspecified atom stereocenters. The van der Waals surface area contributed by atoms with Crippen molar-refractivity contribution in [1.29, 1.82) is 10.5 Å². The maximum atomic E-state index is 8.82. The van der Waals surface area contributed by atoms with Gasteiger partial charge in [-0.3, -0.25) is 0 Å². The summed E-state index contributed by atoms with van der Waals surface area (Å²) in [6.45, 7) is 1.59. The highest BCUT2D eigenvalue weighted by Gasteiger charge is 2.19. The number of hydrogen-bond acceptors (Lipinski definition) is 4. The minimum atomic E-state index is 0.660. The molecule has 0 aromatic heterocycles. The van der Waals surface area contributed by atoms with Crippen LogP contribution in [0.3, 0.4) is 0 Å². The molecule has 0 amide bonds. The van der Waals surface area contributed by atoms with Crippen molar-refractivity contribution in [3.63, 3.8) is 0 Å². The first-order valence-corrected chi connectivity index (χ1v) is 6.15. The Morgan fingerprint density at radius 3 is 3.06 bits per heavy atom. The molecule has 0 bridgehead atoms. The Bertz CT molecular complexity index is 524. The fourth-order valence-electron chi connectivity index (χ4n) is 1.69. The quantitative estimate of drug-likeness (QED) is 0.743. The van der Waals surface area contributed by atoms with E-state index in [9.17, 15) is 0 Å². The largest absolute Gasteiger partial charge is 0.345 e. The van der Waals surface area contributed by atoms with Gasteiger partial charge in [0.15, 0.2) is 5.17 Å². The van der Waals surface area contributed by atoms with Crippen molar-refractivity contribution in [2.75, 3.05) is 12.3 Å². The van der Waals surface area contributed by atoms with E-state index in [1.165, 1.54) is 0 Å². The van der Waals surface area contributed by atoms with Crippen LogP contribution in [0, 0.1) is 22.8 Å². The molecule has 0 saturated carbocycles. The van der Waals surface area contributed by atoms with Crippen LogP contribution >= 0.6 is 11.8 Å². The second kappa shape index (κ2) is 5.38. The summed E-state index contributed by atoms with van der Waals surface area (Å²) in [5.74, 6) is 0.957. The lowest BCUT2D eigenvalue weighted by molar-refractivity contribution is 0.457. The molecule has 0 aliphatic carbocycles. The van der Waals surface area contributed by atoms with E-state index in [2.05, 4.69) is 16.0 Å². The lowest BCUT2D eigenvalue weighted by Crippen LogP contribution is -2.23. The first kappa shape index (κ1) is 11.5. The van der Waals surface area contributed by atoms with E-state index in [1.807, 2.05) is 24.4 Å². The number of benzene rings is 1. The predicted molar refractivity (Wildman–Crippen MR) is 67.1 cm³/mol. The van der Waals surface area contributed by atoms with Gasteiger partial charge in [0.25, 0.3) is 0 Å². The van der Waals surface area contributed by atoms with Crippen LogP contribution < -0.4 is 0 Å². The molecule has 4 nitrogen and oxygen atoms in total. The second-order valence-electron chi connectivity index (χ2n) is 3.58. The minimum absolute atomic E-state index is 0.660. The molecule has 1 aromatic carbocycles. The van der Waals surface area contributed by atoms with E-state index in [4.69, 9.17) is 10.5 Å². The molecular formula is C12H10N4S. The van der Waals surface area contributed by atoms with Crippen molar-refractivity contribution in [2.24, 2.45) is 4.99 Å². The Labute approximate surface area is 104 Å². The Balaban J connectivity index is 2.13. The van der Waals surface area contributed by atoms with Crippen LogP contribution in [-0.2, 0) is 6.54 Å². The molecule has 0 atom stereocenters. The highest BCUT2D eigenvalue weighted by molar-refractivity contribution is 8.14. The van der Waals surface area contributed by atoms with E-state index >= 15 is 0 Å². The molecule has 5 heteroatoms. The van der Waals surface area contributed by atoms with Gasteiger partial charge in [0, 0.05) is 18.8 Å². The van der Waals surface area contributed by atoms with Gasteiger partial charge in [-0.25, -0.2) is 0 Å². The fraction of sp³-hybridized carbons (Fsp3) is 0.250. The molecule has 1 fully saturated rings. The topological polar surface area (TPSA) is 63.2 Å². The SMILES string of the molecule is N#CN=C1SCCN1Cc1cccc(C#N)c1. The molecule has 1 heterocycles. The van der Waals surface area contributed by atoms with E-state index in [1.54, 1.807) is 17.8 Å². The summed E-state index contributed by atoms with van der Waals surface area (Å²) >= 11 is 1.59. The van der Waals surface area contributed by atoms with Crippen molar-refractivity contribution in [2.45, 2.75) is 6.54 Å².